The van der Waals surface area contributed by atoms with Gasteiger partial charge in [-0.2, -0.15) is 0 Å². The van der Waals surface area contributed by atoms with E-state index in [1.807, 2.05) is 6.07 Å². The molecule has 2 unspecified atom stereocenters. The monoisotopic (exact) mass is 281 g/mol. The zero-order chi connectivity index (χ0) is 13.9. The van der Waals surface area contributed by atoms with Crippen LogP contribution in [0, 0.1) is 5.41 Å². The first kappa shape index (κ1) is 14.7. The summed E-state index contributed by atoms with van der Waals surface area (Å²) in [5.41, 5.74) is 1.56. The van der Waals surface area contributed by atoms with Gasteiger partial charge in [0.15, 0.2) is 0 Å². The second kappa shape index (κ2) is 6.15. The van der Waals surface area contributed by atoms with Gasteiger partial charge in [-0.05, 0) is 17.9 Å². The molecule has 0 aromatic heterocycles. The van der Waals surface area contributed by atoms with E-state index in [9.17, 15) is 0 Å². The molecule has 0 radical (unpaired) electrons. The van der Waals surface area contributed by atoms with E-state index in [-0.39, 0.29) is 5.41 Å². The van der Waals surface area contributed by atoms with Gasteiger partial charge in [0.05, 0.1) is 6.61 Å². The highest BCUT2D eigenvalue weighted by Crippen LogP contribution is 2.33. The van der Waals surface area contributed by atoms with Crippen LogP contribution in [-0.2, 0) is 0 Å². The standard InChI is InChI=1S/C16H24ClNO/c1-16(2,3)15(8-9-17)18-10-12-11-19-14-7-5-4-6-13(12)14/h4-7,12,15,18H,8-11H2,1-3H3. The Morgan fingerprint density at radius 1 is 1.37 bits per heavy atom. The summed E-state index contributed by atoms with van der Waals surface area (Å²) in [5, 5.41) is 3.68. The van der Waals surface area contributed by atoms with E-state index >= 15 is 0 Å². The Morgan fingerprint density at radius 3 is 2.79 bits per heavy atom. The van der Waals surface area contributed by atoms with Crippen molar-refractivity contribution in [2.75, 3.05) is 19.0 Å². The minimum absolute atomic E-state index is 0.230. The lowest BCUT2D eigenvalue weighted by Gasteiger charge is -2.32. The predicted octanol–water partition coefficient (Wildman–Crippen LogP) is 3.80. The van der Waals surface area contributed by atoms with Crippen molar-refractivity contribution in [2.45, 2.75) is 39.2 Å². The van der Waals surface area contributed by atoms with Crippen LogP contribution in [-0.4, -0.2) is 25.1 Å². The van der Waals surface area contributed by atoms with E-state index in [0.29, 0.717) is 17.8 Å². The zero-order valence-electron chi connectivity index (χ0n) is 12.1. The third kappa shape index (κ3) is 3.64. The van der Waals surface area contributed by atoms with Crippen LogP contribution >= 0.6 is 11.6 Å². The van der Waals surface area contributed by atoms with Crippen molar-refractivity contribution in [3.05, 3.63) is 29.8 Å². The molecule has 0 bridgehead atoms. The third-order valence-electron chi connectivity index (χ3n) is 3.85. The summed E-state index contributed by atoms with van der Waals surface area (Å²) in [6.07, 6.45) is 1.00. The molecule has 0 saturated heterocycles. The van der Waals surface area contributed by atoms with Gasteiger partial charge in [-0.3, -0.25) is 0 Å². The largest absolute Gasteiger partial charge is 0.493 e. The van der Waals surface area contributed by atoms with Gasteiger partial charge < -0.3 is 10.1 Å². The Kier molecular flexibility index (Phi) is 4.75. The molecule has 2 atom stereocenters. The minimum Gasteiger partial charge on any atom is -0.493 e. The van der Waals surface area contributed by atoms with Gasteiger partial charge in [0.1, 0.15) is 5.75 Å². The molecule has 1 aliphatic rings. The molecule has 0 aliphatic carbocycles. The Morgan fingerprint density at radius 2 is 2.11 bits per heavy atom. The maximum absolute atomic E-state index is 5.91. The van der Waals surface area contributed by atoms with Gasteiger partial charge in [-0.25, -0.2) is 0 Å². The lowest BCUT2D eigenvalue weighted by atomic mass is 9.84. The molecule has 1 aliphatic heterocycles. The second-order valence-corrected chi connectivity index (χ2v) is 6.73. The molecule has 1 N–H and O–H groups in total. The zero-order valence-corrected chi connectivity index (χ0v) is 12.8. The molecule has 2 nitrogen and oxygen atoms in total. The molecule has 1 aromatic rings. The van der Waals surface area contributed by atoms with Crippen molar-refractivity contribution < 1.29 is 4.74 Å². The molecule has 0 spiro atoms. The number of nitrogens with one attached hydrogen (secondary N) is 1. The van der Waals surface area contributed by atoms with Crippen molar-refractivity contribution in [3.8, 4) is 5.75 Å². The SMILES string of the molecule is CC(C)(C)C(CCCl)NCC1COc2ccccc21. The van der Waals surface area contributed by atoms with Gasteiger partial charge in [0.25, 0.3) is 0 Å². The topological polar surface area (TPSA) is 21.3 Å². The van der Waals surface area contributed by atoms with E-state index in [0.717, 1.165) is 25.3 Å². The maximum atomic E-state index is 5.91. The first-order valence-electron chi connectivity index (χ1n) is 7.03. The number of halogens is 1. The first-order chi connectivity index (χ1) is 9.02. The number of benzene rings is 1. The van der Waals surface area contributed by atoms with E-state index < -0.39 is 0 Å². The van der Waals surface area contributed by atoms with E-state index in [1.165, 1.54) is 5.56 Å². The van der Waals surface area contributed by atoms with Gasteiger partial charge in [0.2, 0.25) is 0 Å². The lowest BCUT2D eigenvalue weighted by molar-refractivity contribution is 0.249. The Labute approximate surface area is 121 Å². The van der Waals surface area contributed by atoms with Crippen LogP contribution in [0.4, 0.5) is 0 Å². The summed E-state index contributed by atoms with van der Waals surface area (Å²) in [6, 6.07) is 8.77. The Hall–Kier alpha value is -0.730. The quantitative estimate of drug-likeness (QED) is 0.829. The first-order valence-corrected chi connectivity index (χ1v) is 7.57. The molecule has 0 fully saturated rings. The van der Waals surface area contributed by atoms with E-state index in [2.05, 4.69) is 44.3 Å². The number of rotatable bonds is 5. The van der Waals surface area contributed by atoms with Crippen LogP contribution in [0.2, 0.25) is 0 Å². The fourth-order valence-electron chi connectivity index (χ4n) is 2.63. The summed E-state index contributed by atoms with van der Waals surface area (Å²) in [5.74, 6) is 2.20. The number of hydrogen-bond donors (Lipinski definition) is 1. The van der Waals surface area contributed by atoms with Crippen molar-refractivity contribution in [2.24, 2.45) is 5.41 Å². The highest BCUT2D eigenvalue weighted by Gasteiger charge is 2.27. The fourth-order valence-corrected chi connectivity index (χ4v) is 2.85. The highest BCUT2D eigenvalue weighted by atomic mass is 35.5. The molecular formula is C16H24ClNO. The summed E-state index contributed by atoms with van der Waals surface area (Å²) in [6.45, 7) is 8.52. The van der Waals surface area contributed by atoms with Crippen molar-refractivity contribution >= 4 is 11.6 Å². The Bertz CT molecular complexity index is 413. The molecule has 1 heterocycles. The minimum atomic E-state index is 0.230. The fraction of sp³-hybridized carbons (Fsp3) is 0.625. The normalized spacial score (nSPS) is 19.9. The highest BCUT2D eigenvalue weighted by molar-refractivity contribution is 6.17. The third-order valence-corrected chi connectivity index (χ3v) is 4.07. The number of para-hydroxylation sites is 1. The van der Waals surface area contributed by atoms with Gasteiger partial charge in [0, 0.05) is 29.9 Å². The summed E-state index contributed by atoms with van der Waals surface area (Å²) >= 11 is 5.91. The van der Waals surface area contributed by atoms with Crippen LogP contribution < -0.4 is 10.1 Å². The summed E-state index contributed by atoms with van der Waals surface area (Å²) in [4.78, 5) is 0. The summed E-state index contributed by atoms with van der Waals surface area (Å²) < 4.78 is 5.72. The molecule has 19 heavy (non-hydrogen) atoms. The number of fused-ring (bicyclic) bond motifs is 1. The number of ether oxygens (including phenoxy) is 1. The second-order valence-electron chi connectivity index (χ2n) is 6.35. The van der Waals surface area contributed by atoms with E-state index in [4.69, 9.17) is 16.3 Å². The Balaban J connectivity index is 1.96. The predicted molar refractivity (Wildman–Crippen MR) is 81.3 cm³/mol. The number of alkyl halides is 1. The van der Waals surface area contributed by atoms with Crippen LogP contribution in [0.15, 0.2) is 24.3 Å². The molecule has 1 aromatic carbocycles. The van der Waals surface area contributed by atoms with Crippen molar-refractivity contribution in [3.63, 3.8) is 0 Å². The van der Waals surface area contributed by atoms with Crippen molar-refractivity contribution in [1.29, 1.82) is 0 Å². The molecule has 2 rings (SSSR count). The van der Waals surface area contributed by atoms with Gasteiger partial charge >= 0.3 is 0 Å². The number of hydrogen-bond acceptors (Lipinski definition) is 2. The molecule has 3 heteroatoms. The maximum Gasteiger partial charge on any atom is 0.122 e. The van der Waals surface area contributed by atoms with Crippen LogP contribution in [0.25, 0.3) is 0 Å². The van der Waals surface area contributed by atoms with E-state index in [1.54, 1.807) is 0 Å². The molecule has 0 saturated carbocycles. The van der Waals surface area contributed by atoms with Gasteiger partial charge in [-0.1, -0.05) is 39.0 Å². The van der Waals surface area contributed by atoms with Crippen LogP contribution in [0.5, 0.6) is 5.75 Å². The van der Waals surface area contributed by atoms with Crippen LogP contribution in [0.3, 0.4) is 0 Å². The van der Waals surface area contributed by atoms with Crippen LogP contribution in [0.1, 0.15) is 38.7 Å². The average Bonchev–Trinajstić information content (AvgIpc) is 2.76. The van der Waals surface area contributed by atoms with Gasteiger partial charge in [-0.15, -0.1) is 11.6 Å². The molecular weight excluding hydrogens is 258 g/mol. The average molecular weight is 282 g/mol. The van der Waals surface area contributed by atoms with Crippen molar-refractivity contribution in [1.82, 2.24) is 5.32 Å². The lowest BCUT2D eigenvalue weighted by Crippen LogP contribution is -2.42. The summed E-state index contributed by atoms with van der Waals surface area (Å²) in [7, 11) is 0. The molecule has 0 amide bonds. The molecule has 106 valence electrons. The smallest absolute Gasteiger partial charge is 0.122 e.